The number of aliphatic carboxylic acids is 1. The summed E-state index contributed by atoms with van der Waals surface area (Å²) in [7, 11) is 0. The number of hydrogen-bond acceptors (Lipinski definition) is 3. The lowest BCUT2D eigenvalue weighted by Crippen LogP contribution is -2.29. The highest BCUT2D eigenvalue weighted by Gasteiger charge is 2.36. The van der Waals surface area contributed by atoms with E-state index in [9.17, 15) is 19.1 Å². The van der Waals surface area contributed by atoms with E-state index in [0.717, 1.165) is 13.1 Å². The molecule has 27 heavy (non-hydrogen) atoms. The van der Waals surface area contributed by atoms with Gasteiger partial charge in [0.1, 0.15) is 19.0 Å². The van der Waals surface area contributed by atoms with Gasteiger partial charge in [-0.3, -0.25) is 4.79 Å². The van der Waals surface area contributed by atoms with Gasteiger partial charge in [-0.05, 0) is 48.4 Å². The smallest absolute Gasteiger partial charge is 0.332 e. The highest BCUT2D eigenvalue weighted by molar-refractivity contribution is 5.98. The number of hydrogen-bond donors (Lipinski definition) is 1. The van der Waals surface area contributed by atoms with E-state index in [2.05, 4.69) is 0 Å². The van der Waals surface area contributed by atoms with Gasteiger partial charge >= 0.3 is 5.97 Å². The molecule has 146 valence electrons. The van der Waals surface area contributed by atoms with E-state index < -0.39 is 12.6 Å². The summed E-state index contributed by atoms with van der Waals surface area (Å²) in [6, 6.07) is 6.72. The normalized spacial score (nSPS) is 22.4. The first-order chi connectivity index (χ1) is 13.1. The molecule has 2 atom stereocenters. The Morgan fingerprint density at radius 1 is 1.15 bits per heavy atom. The minimum Gasteiger partial charge on any atom is -0.491 e. The maximum Gasteiger partial charge on any atom is 0.332 e. The Morgan fingerprint density at radius 3 is 2.33 bits per heavy atom. The summed E-state index contributed by atoms with van der Waals surface area (Å²) < 4.78 is 17.3. The number of carboxylic acids is 1. The zero-order valence-corrected chi connectivity index (χ0v) is 15.4. The molecule has 1 aromatic carbocycles. The average molecular weight is 375 g/mol. The maximum absolute atomic E-state index is 12.6. The van der Waals surface area contributed by atoms with E-state index in [1.165, 1.54) is 31.8 Å². The van der Waals surface area contributed by atoms with Crippen LogP contribution >= 0.6 is 0 Å². The number of carbonyl (C=O) groups is 2. The molecule has 1 saturated carbocycles. The van der Waals surface area contributed by atoms with Crippen LogP contribution in [0.2, 0.25) is 0 Å². The first-order valence-electron chi connectivity index (χ1n) is 9.57. The van der Waals surface area contributed by atoms with Crippen LogP contribution in [0.3, 0.4) is 0 Å². The second kappa shape index (κ2) is 9.02. The Kier molecular flexibility index (Phi) is 6.48. The molecule has 0 bridgehead atoms. The quantitative estimate of drug-likeness (QED) is 0.740. The summed E-state index contributed by atoms with van der Waals surface area (Å²) >= 11 is 0. The standard InChI is InChI=1S/C21H26FNO4/c22-9-10-27-19-7-5-15(6-8-19)11-18(21(25)26)12-20(24)23-13-16-3-1-2-4-17(16)14-23/h5-8,11,16-17H,1-4,9-10,12-14H2,(H,25,26)/b18-11+/t16-,17+. The van der Waals surface area contributed by atoms with E-state index in [-0.39, 0.29) is 24.5 Å². The monoisotopic (exact) mass is 375 g/mol. The second-order valence-corrected chi connectivity index (χ2v) is 7.36. The predicted molar refractivity (Wildman–Crippen MR) is 100 cm³/mol. The molecule has 1 aromatic rings. The van der Waals surface area contributed by atoms with Gasteiger partial charge in [-0.25, -0.2) is 9.18 Å². The fraction of sp³-hybridized carbons (Fsp3) is 0.524. The molecule has 6 heteroatoms. The van der Waals surface area contributed by atoms with Crippen LogP contribution in [-0.4, -0.2) is 48.3 Å². The molecule has 1 heterocycles. The Hall–Kier alpha value is -2.37. The van der Waals surface area contributed by atoms with Crippen LogP contribution in [0.1, 0.15) is 37.7 Å². The van der Waals surface area contributed by atoms with E-state index >= 15 is 0 Å². The van der Waals surface area contributed by atoms with Gasteiger partial charge in [-0.2, -0.15) is 0 Å². The van der Waals surface area contributed by atoms with Gasteiger partial charge in [0.15, 0.2) is 0 Å². The van der Waals surface area contributed by atoms with Crippen molar-refractivity contribution in [1.82, 2.24) is 4.90 Å². The summed E-state index contributed by atoms with van der Waals surface area (Å²) in [5.74, 6) is 0.490. The van der Waals surface area contributed by atoms with Crippen molar-refractivity contribution in [1.29, 1.82) is 0 Å². The number of fused-ring (bicyclic) bond motifs is 1. The van der Waals surface area contributed by atoms with Crippen molar-refractivity contribution in [2.75, 3.05) is 26.4 Å². The number of likely N-dealkylation sites (tertiary alicyclic amines) is 1. The zero-order valence-electron chi connectivity index (χ0n) is 15.4. The number of ether oxygens (including phenoxy) is 1. The minimum atomic E-state index is -1.09. The summed E-state index contributed by atoms with van der Waals surface area (Å²) in [5.41, 5.74) is 0.746. The number of carboxylic acid groups (broad SMARTS) is 1. The molecule has 2 fully saturated rings. The first kappa shape index (κ1) is 19.4. The molecule has 2 aliphatic rings. The number of halogens is 1. The van der Waals surface area contributed by atoms with Gasteiger partial charge in [0.25, 0.3) is 0 Å². The molecular weight excluding hydrogens is 349 g/mol. The van der Waals surface area contributed by atoms with Gasteiger partial charge in [0.05, 0.1) is 6.42 Å². The van der Waals surface area contributed by atoms with E-state index in [0.29, 0.717) is 23.1 Å². The lowest BCUT2D eigenvalue weighted by Gasteiger charge is -2.22. The summed E-state index contributed by atoms with van der Waals surface area (Å²) in [6.45, 7) is 0.945. The fourth-order valence-corrected chi connectivity index (χ4v) is 4.09. The van der Waals surface area contributed by atoms with Crippen molar-refractivity contribution in [3.05, 3.63) is 35.4 Å². The van der Waals surface area contributed by atoms with Gasteiger partial charge < -0.3 is 14.7 Å². The molecule has 0 spiro atoms. The lowest BCUT2D eigenvalue weighted by molar-refractivity contribution is -0.136. The number of amides is 1. The molecule has 1 aliphatic heterocycles. The molecule has 1 saturated heterocycles. The van der Waals surface area contributed by atoms with Crippen molar-refractivity contribution >= 4 is 18.0 Å². The van der Waals surface area contributed by atoms with Gasteiger partial charge in [0.2, 0.25) is 5.91 Å². The first-order valence-corrected chi connectivity index (χ1v) is 9.57. The molecule has 5 nitrogen and oxygen atoms in total. The van der Waals surface area contributed by atoms with Gasteiger partial charge in [-0.15, -0.1) is 0 Å². The van der Waals surface area contributed by atoms with Crippen LogP contribution in [-0.2, 0) is 9.59 Å². The number of rotatable bonds is 7. The third kappa shape index (κ3) is 5.08. The van der Waals surface area contributed by atoms with Gasteiger partial charge in [0, 0.05) is 18.7 Å². The molecule has 1 N–H and O–H groups in total. The van der Waals surface area contributed by atoms with Crippen molar-refractivity contribution in [3.8, 4) is 5.75 Å². The van der Waals surface area contributed by atoms with Gasteiger partial charge in [-0.1, -0.05) is 25.0 Å². The van der Waals surface area contributed by atoms with Crippen LogP contribution in [0, 0.1) is 11.8 Å². The Morgan fingerprint density at radius 2 is 1.78 bits per heavy atom. The fourth-order valence-electron chi connectivity index (χ4n) is 4.09. The summed E-state index contributed by atoms with van der Waals surface area (Å²) in [5, 5.41) is 9.50. The second-order valence-electron chi connectivity index (χ2n) is 7.36. The van der Waals surface area contributed by atoms with Crippen LogP contribution in [0.5, 0.6) is 5.75 Å². The Balaban J connectivity index is 1.64. The van der Waals surface area contributed by atoms with E-state index in [1.54, 1.807) is 24.3 Å². The molecule has 1 aliphatic carbocycles. The Labute approximate surface area is 158 Å². The number of nitrogens with zero attached hydrogens (tertiary/aromatic N) is 1. The molecule has 0 radical (unpaired) electrons. The van der Waals surface area contributed by atoms with Crippen molar-refractivity contribution < 1.29 is 23.8 Å². The number of carbonyl (C=O) groups excluding carboxylic acids is 1. The van der Waals surface area contributed by atoms with Crippen LogP contribution < -0.4 is 4.74 Å². The third-order valence-corrected chi connectivity index (χ3v) is 5.51. The zero-order chi connectivity index (χ0) is 19.2. The molecule has 0 aromatic heterocycles. The van der Waals surface area contributed by atoms with Crippen molar-refractivity contribution in [3.63, 3.8) is 0 Å². The van der Waals surface area contributed by atoms with Crippen LogP contribution in [0.15, 0.2) is 29.8 Å². The maximum atomic E-state index is 12.6. The SMILES string of the molecule is O=C(O)/C(=C/c1ccc(OCCF)cc1)CC(=O)N1C[C@H]2CCCC[C@H]2C1. The largest absolute Gasteiger partial charge is 0.491 e. The highest BCUT2D eigenvalue weighted by atomic mass is 19.1. The van der Waals surface area contributed by atoms with Crippen LogP contribution in [0.25, 0.3) is 6.08 Å². The van der Waals surface area contributed by atoms with E-state index in [4.69, 9.17) is 4.74 Å². The molecule has 3 rings (SSSR count). The van der Waals surface area contributed by atoms with Crippen molar-refractivity contribution in [2.24, 2.45) is 11.8 Å². The molecule has 1 amide bonds. The summed E-state index contributed by atoms with van der Waals surface area (Å²) in [6.07, 6.45) is 6.22. The average Bonchev–Trinajstić information content (AvgIpc) is 3.11. The predicted octanol–water partition coefficient (Wildman–Crippen LogP) is 3.54. The highest BCUT2D eigenvalue weighted by Crippen LogP contribution is 2.36. The number of alkyl halides is 1. The molecule has 0 unspecified atom stereocenters. The number of benzene rings is 1. The topological polar surface area (TPSA) is 66.8 Å². The van der Waals surface area contributed by atoms with E-state index in [1.807, 2.05) is 4.90 Å². The Bertz CT molecular complexity index is 687. The van der Waals surface area contributed by atoms with Crippen molar-refractivity contribution in [2.45, 2.75) is 32.1 Å². The molecular formula is C21H26FNO4. The minimum absolute atomic E-state index is 0.0120. The lowest BCUT2D eigenvalue weighted by atomic mass is 9.82. The van der Waals surface area contributed by atoms with Crippen LogP contribution in [0.4, 0.5) is 4.39 Å². The third-order valence-electron chi connectivity index (χ3n) is 5.51. The summed E-state index contributed by atoms with van der Waals surface area (Å²) in [4.78, 5) is 26.1.